The Labute approximate surface area is 115 Å². The van der Waals surface area contributed by atoms with Crippen LogP contribution in [0, 0.1) is 0 Å². The Morgan fingerprint density at radius 1 is 1.21 bits per heavy atom. The molecular weight excluding hydrogens is 249 g/mol. The molecule has 0 aliphatic rings. The van der Waals surface area contributed by atoms with E-state index < -0.39 is 12.1 Å². The maximum absolute atomic E-state index is 12.9. The van der Waals surface area contributed by atoms with E-state index in [4.69, 9.17) is 5.11 Å². The SMILES string of the molecule is CCCN(CC(=O)O)C(=O)CCCCCC(F)CC. The maximum atomic E-state index is 12.9. The first-order valence-corrected chi connectivity index (χ1v) is 7.14. The van der Waals surface area contributed by atoms with Crippen molar-refractivity contribution in [2.24, 2.45) is 0 Å². The second-order valence-electron chi connectivity index (χ2n) is 4.81. The monoisotopic (exact) mass is 275 g/mol. The topological polar surface area (TPSA) is 57.6 Å². The molecule has 0 spiro atoms. The molecule has 0 bridgehead atoms. The fraction of sp³-hybridized carbons (Fsp3) is 0.857. The summed E-state index contributed by atoms with van der Waals surface area (Å²) in [6.07, 6.45) is 3.78. The minimum absolute atomic E-state index is 0.114. The lowest BCUT2D eigenvalue weighted by molar-refractivity contribution is -0.144. The molecule has 0 saturated carbocycles. The molecule has 5 heteroatoms. The van der Waals surface area contributed by atoms with Gasteiger partial charge >= 0.3 is 5.97 Å². The van der Waals surface area contributed by atoms with Crippen LogP contribution < -0.4 is 0 Å². The van der Waals surface area contributed by atoms with Crippen LogP contribution in [0.25, 0.3) is 0 Å². The largest absolute Gasteiger partial charge is 0.480 e. The van der Waals surface area contributed by atoms with Crippen molar-refractivity contribution < 1.29 is 19.1 Å². The fourth-order valence-corrected chi connectivity index (χ4v) is 1.91. The molecule has 0 aromatic rings. The first-order valence-electron chi connectivity index (χ1n) is 7.14. The minimum atomic E-state index is -0.981. The van der Waals surface area contributed by atoms with E-state index in [0.29, 0.717) is 32.2 Å². The zero-order chi connectivity index (χ0) is 14.7. The summed E-state index contributed by atoms with van der Waals surface area (Å²) >= 11 is 0. The van der Waals surface area contributed by atoms with E-state index in [0.717, 1.165) is 19.3 Å². The van der Waals surface area contributed by atoms with E-state index in [1.54, 1.807) is 0 Å². The summed E-state index contributed by atoms with van der Waals surface area (Å²) in [6, 6.07) is 0. The molecule has 0 fully saturated rings. The van der Waals surface area contributed by atoms with Gasteiger partial charge < -0.3 is 10.0 Å². The lowest BCUT2D eigenvalue weighted by Gasteiger charge is -2.19. The fourth-order valence-electron chi connectivity index (χ4n) is 1.91. The molecule has 1 unspecified atom stereocenters. The highest BCUT2D eigenvalue weighted by molar-refractivity contribution is 5.81. The number of amides is 1. The summed E-state index contributed by atoms with van der Waals surface area (Å²) < 4.78 is 12.9. The number of aliphatic carboxylic acids is 1. The van der Waals surface area contributed by atoms with Gasteiger partial charge in [-0.15, -0.1) is 0 Å². The first kappa shape index (κ1) is 17.9. The summed E-state index contributed by atoms with van der Waals surface area (Å²) in [5.74, 6) is -1.10. The summed E-state index contributed by atoms with van der Waals surface area (Å²) in [6.45, 7) is 3.99. The van der Waals surface area contributed by atoms with E-state index in [2.05, 4.69) is 0 Å². The number of halogens is 1. The lowest BCUT2D eigenvalue weighted by Crippen LogP contribution is -2.36. The molecule has 1 atom stereocenters. The number of rotatable bonds is 11. The third-order valence-electron chi connectivity index (χ3n) is 3.02. The average molecular weight is 275 g/mol. The summed E-state index contributed by atoms with van der Waals surface area (Å²) in [4.78, 5) is 23.8. The molecule has 0 aliphatic heterocycles. The van der Waals surface area contributed by atoms with E-state index >= 15 is 0 Å². The molecule has 0 heterocycles. The molecule has 112 valence electrons. The van der Waals surface area contributed by atoms with Gasteiger partial charge in [0.05, 0.1) is 6.17 Å². The third kappa shape index (κ3) is 9.45. The van der Waals surface area contributed by atoms with Gasteiger partial charge in [0.1, 0.15) is 6.54 Å². The number of carboxylic acids is 1. The van der Waals surface area contributed by atoms with Gasteiger partial charge in [0.2, 0.25) is 5.91 Å². The molecule has 0 radical (unpaired) electrons. The Morgan fingerprint density at radius 2 is 1.89 bits per heavy atom. The Hall–Kier alpha value is -1.13. The van der Waals surface area contributed by atoms with Crippen molar-refractivity contribution in [3.63, 3.8) is 0 Å². The van der Waals surface area contributed by atoms with Crippen LogP contribution in [-0.4, -0.2) is 41.1 Å². The van der Waals surface area contributed by atoms with Crippen LogP contribution in [0.15, 0.2) is 0 Å². The highest BCUT2D eigenvalue weighted by Crippen LogP contribution is 2.11. The quantitative estimate of drug-likeness (QED) is 0.590. The Balaban J connectivity index is 3.83. The predicted octanol–water partition coefficient (Wildman–Crippen LogP) is 3.01. The Kier molecular flexibility index (Phi) is 10.1. The number of hydrogen-bond donors (Lipinski definition) is 1. The van der Waals surface area contributed by atoms with Crippen molar-refractivity contribution in [1.82, 2.24) is 4.90 Å². The third-order valence-corrected chi connectivity index (χ3v) is 3.02. The molecular formula is C14H26FNO3. The van der Waals surface area contributed by atoms with Crippen molar-refractivity contribution in [2.45, 2.75) is 65.0 Å². The van der Waals surface area contributed by atoms with Gasteiger partial charge in [-0.2, -0.15) is 0 Å². The van der Waals surface area contributed by atoms with E-state index in [1.807, 2.05) is 13.8 Å². The zero-order valence-electron chi connectivity index (χ0n) is 12.0. The maximum Gasteiger partial charge on any atom is 0.323 e. The highest BCUT2D eigenvalue weighted by Gasteiger charge is 2.15. The van der Waals surface area contributed by atoms with Crippen LogP contribution in [0.1, 0.15) is 58.8 Å². The first-order chi connectivity index (χ1) is 9.01. The number of unbranched alkanes of at least 4 members (excludes halogenated alkanes) is 2. The van der Waals surface area contributed by atoms with Crippen LogP contribution >= 0.6 is 0 Å². The second kappa shape index (κ2) is 10.8. The van der Waals surface area contributed by atoms with Gasteiger partial charge in [0, 0.05) is 13.0 Å². The van der Waals surface area contributed by atoms with Gasteiger partial charge in [-0.25, -0.2) is 4.39 Å². The summed E-state index contributed by atoms with van der Waals surface area (Å²) in [7, 11) is 0. The molecule has 0 aliphatic carbocycles. The van der Waals surface area contributed by atoms with E-state index in [-0.39, 0.29) is 12.5 Å². The Bertz CT molecular complexity index is 271. The number of hydrogen-bond acceptors (Lipinski definition) is 2. The highest BCUT2D eigenvalue weighted by atomic mass is 19.1. The molecule has 4 nitrogen and oxygen atoms in total. The molecule has 1 N–H and O–H groups in total. The van der Waals surface area contributed by atoms with Crippen molar-refractivity contribution in [3.8, 4) is 0 Å². The standard InChI is InChI=1S/C14H26FNO3/c1-3-10-16(11-14(18)19)13(17)9-7-5-6-8-12(15)4-2/h12H,3-11H2,1-2H3,(H,18,19). The van der Waals surface area contributed by atoms with Gasteiger partial charge in [-0.3, -0.25) is 9.59 Å². The number of carbonyl (C=O) groups excluding carboxylic acids is 1. The summed E-state index contributed by atoms with van der Waals surface area (Å²) in [5, 5.41) is 8.72. The van der Waals surface area contributed by atoms with E-state index in [9.17, 15) is 14.0 Å². The molecule has 1 amide bonds. The molecule has 0 aromatic carbocycles. The van der Waals surface area contributed by atoms with Crippen LogP contribution in [-0.2, 0) is 9.59 Å². The van der Waals surface area contributed by atoms with Crippen molar-refractivity contribution in [2.75, 3.05) is 13.1 Å². The van der Waals surface area contributed by atoms with Crippen molar-refractivity contribution >= 4 is 11.9 Å². The van der Waals surface area contributed by atoms with Gasteiger partial charge in [-0.05, 0) is 25.7 Å². The Morgan fingerprint density at radius 3 is 2.42 bits per heavy atom. The zero-order valence-corrected chi connectivity index (χ0v) is 12.0. The van der Waals surface area contributed by atoms with Crippen LogP contribution in [0.2, 0.25) is 0 Å². The van der Waals surface area contributed by atoms with Crippen LogP contribution in [0.4, 0.5) is 4.39 Å². The van der Waals surface area contributed by atoms with E-state index in [1.165, 1.54) is 4.90 Å². The number of alkyl halides is 1. The number of carbonyl (C=O) groups is 2. The second-order valence-corrected chi connectivity index (χ2v) is 4.81. The molecule has 0 aromatic heterocycles. The normalized spacial score (nSPS) is 12.2. The summed E-state index contributed by atoms with van der Waals surface area (Å²) in [5.41, 5.74) is 0. The smallest absolute Gasteiger partial charge is 0.323 e. The van der Waals surface area contributed by atoms with Gasteiger partial charge in [-0.1, -0.05) is 26.7 Å². The number of nitrogens with zero attached hydrogens (tertiary/aromatic N) is 1. The number of carboxylic acid groups (broad SMARTS) is 1. The van der Waals surface area contributed by atoms with Gasteiger partial charge in [0.15, 0.2) is 0 Å². The van der Waals surface area contributed by atoms with Crippen LogP contribution in [0.5, 0.6) is 0 Å². The lowest BCUT2D eigenvalue weighted by atomic mass is 10.1. The molecule has 0 saturated heterocycles. The van der Waals surface area contributed by atoms with Crippen molar-refractivity contribution in [3.05, 3.63) is 0 Å². The average Bonchev–Trinajstić information content (AvgIpc) is 2.36. The minimum Gasteiger partial charge on any atom is -0.480 e. The molecule has 0 rings (SSSR count). The molecule has 19 heavy (non-hydrogen) atoms. The predicted molar refractivity (Wildman–Crippen MR) is 72.8 cm³/mol. The van der Waals surface area contributed by atoms with Crippen LogP contribution in [0.3, 0.4) is 0 Å². The van der Waals surface area contributed by atoms with Gasteiger partial charge in [0.25, 0.3) is 0 Å². The van der Waals surface area contributed by atoms with Crippen molar-refractivity contribution in [1.29, 1.82) is 0 Å².